The largest absolute Gasteiger partial charge is 0.492 e. The van der Waals surface area contributed by atoms with Crippen molar-refractivity contribution >= 4 is 55.8 Å². The van der Waals surface area contributed by atoms with E-state index in [4.69, 9.17) is 21.1 Å². The molecule has 0 N–H and O–H groups in total. The number of sulfonamides is 1. The molecule has 41 heavy (non-hydrogen) atoms. The molecule has 4 aromatic rings. The molecule has 8 nitrogen and oxygen atoms in total. The number of ether oxygens (including phenoxy) is 2. The summed E-state index contributed by atoms with van der Waals surface area (Å²) in [5.74, 6) is 0.573. The predicted octanol–water partition coefficient (Wildman–Crippen LogP) is 5.22. The first-order valence-electron chi connectivity index (χ1n) is 13.4. The zero-order chi connectivity index (χ0) is 28.7. The summed E-state index contributed by atoms with van der Waals surface area (Å²) >= 11 is 6.14. The minimum Gasteiger partial charge on any atom is -0.492 e. The number of hydrogen-bond donors (Lipinski definition) is 0. The lowest BCUT2D eigenvalue weighted by Crippen LogP contribution is -2.40. The molecule has 0 saturated carbocycles. The molecular weight excluding hydrogens is 562 g/mol. The Balaban J connectivity index is 1.33. The van der Waals surface area contributed by atoms with Crippen molar-refractivity contribution in [2.45, 2.75) is 18.4 Å². The van der Waals surface area contributed by atoms with E-state index in [0.717, 1.165) is 27.8 Å². The van der Waals surface area contributed by atoms with Crippen LogP contribution >= 0.6 is 11.6 Å². The minimum absolute atomic E-state index is 0.171. The second kappa shape index (κ2) is 11.0. The van der Waals surface area contributed by atoms with Crippen LogP contribution in [-0.4, -0.2) is 63.2 Å². The van der Waals surface area contributed by atoms with Crippen LogP contribution in [0.4, 0.5) is 5.69 Å². The highest BCUT2D eigenvalue weighted by Crippen LogP contribution is 2.39. The second-order valence-corrected chi connectivity index (χ2v) is 12.5. The maximum absolute atomic E-state index is 13.4. The number of halogens is 1. The van der Waals surface area contributed by atoms with Gasteiger partial charge in [0.25, 0.3) is 5.91 Å². The van der Waals surface area contributed by atoms with Crippen LogP contribution < -0.4 is 9.64 Å². The Hall–Kier alpha value is -3.63. The lowest BCUT2D eigenvalue weighted by Gasteiger charge is -2.26. The summed E-state index contributed by atoms with van der Waals surface area (Å²) in [6.07, 6.45) is 3.87. The molecule has 0 radical (unpaired) electrons. The summed E-state index contributed by atoms with van der Waals surface area (Å²) in [5.41, 5.74) is 4.57. The van der Waals surface area contributed by atoms with Gasteiger partial charge in [0, 0.05) is 59.0 Å². The van der Waals surface area contributed by atoms with Gasteiger partial charge in [-0.05, 0) is 61.0 Å². The number of para-hydroxylation sites is 1. The highest BCUT2D eigenvalue weighted by atomic mass is 35.5. The van der Waals surface area contributed by atoms with Gasteiger partial charge in [-0.1, -0.05) is 29.8 Å². The molecule has 3 heterocycles. The summed E-state index contributed by atoms with van der Waals surface area (Å²) in [6.45, 7) is 4.33. The maximum Gasteiger partial charge on any atom is 0.258 e. The standard InChI is InChI=1S/C31H30ClN3O5S/c1-21-17-23(7-9-28(21)32)40-16-11-34-20-22(25-5-3-4-6-30(25)34)18-27-26-19-24(8-10-29(26)33(2)31(27)36)41(37,38)35-12-14-39-15-13-35/h3-10,17-20H,11-16H2,1-2H3/b27-18-. The molecule has 2 aliphatic rings. The average molecular weight is 592 g/mol. The van der Waals surface area contributed by atoms with E-state index in [1.54, 1.807) is 30.1 Å². The van der Waals surface area contributed by atoms with Crippen molar-refractivity contribution in [1.29, 1.82) is 0 Å². The first kappa shape index (κ1) is 27.5. The number of anilines is 1. The fourth-order valence-corrected chi connectivity index (χ4v) is 6.92. The molecule has 0 unspecified atom stereocenters. The molecular formula is C31H30ClN3O5S. The quantitative estimate of drug-likeness (QED) is 0.275. The van der Waals surface area contributed by atoms with Crippen LogP contribution in [0.2, 0.25) is 5.02 Å². The van der Waals surface area contributed by atoms with Crippen LogP contribution in [0.15, 0.2) is 71.8 Å². The number of amides is 1. The third kappa shape index (κ3) is 5.15. The van der Waals surface area contributed by atoms with Gasteiger partial charge in [-0.2, -0.15) is 4.31 Å². The Morgan fingerprint density at radius 1 is 1.05 bits per heavy atom. The molecule has 0 aliphatic carbocycles. The van der Waals surface area contributed by atoms with Gasteiger partial charge in [-0.15, -0.1) is 0 Å². The van der Waals surface area contributed by atoms with Crippen LogP contribution in [0.3, 0.4) is 0 Å². The summed E-state index contributed by atoms with van der Waals surface area (Å²) < 4.78 is 41.6. The molecule has 6 rings (SSSR count). The van der Waals surface area contributed by atoms with Crippen molar-refractivity contribution in [3.05, 3.63) is 88.6 Å². The molecule has 1 aromatic heterocycles. The number of carbonyl (C=O) groups excluding carboxylic acids is 1. The van der Waals surface area contributed by atoms with Gasteiger partial charge in [0.1, 0.15) is 12.4 Å². The zero-order valence-electron chi connectivity index (χ0n) is 22.8. The van der Waals surface area contributed by atoms with Crippen molar-refractivity contribution in [2.75, 3.05) is 44.9 Å². The van der Waals surface area contributed by atoms with Gasteiger partial charge in [0.2, 0.25) is 10.0 Å². The van der Waals surface area contributed by atoms with E-state index < -0.39 is 10.0 Å². The Kier molecular flexibility index (Phi) is 7.37. The topological polar surface area (TPSA) is 81.1 Å². The van der Waals surface area contributed by atoms with Crippen molar-refractivity contribution in [3.63, 3.8) is 0 Å². The smallest absolute Gasteiger partial charge is 0.258 e. The third-order valence-corrected chi connectivity index (χ3v) is 9.93. The molecule has 3 aromatic carbocycles. The summed E-state index contributed by atoms with van der Waals surface area (Å²) in [4.78, 5) is 15.1. The van der Waals surface area contributed by atoms with Crippen LogP contribution in [-0.2, 0) is 26.1 Å². The van der Waals surface area contributed by atoms with Crippen LogP contribution in [0.5, 0.6) is 5.75 Å². The number of aromatic nitrogens is 1. The molecule has 0 spiro atoms. The Bertz CT molecular complexity index is 1790. The van der Waals surface area contributed by atoms with Crippen molar-refractivity contribution in [1.82, 2.24) is 8.87 Å². The van der Waals surface area contributed by atoms with E-state index in [1.807, 2.05) is 61.7 Å². The third-order valence-electron chi connectivity index (χ3n) is 7.61. The molecule has 10 heteroatoms. The van der Waals surface area contributed by atoms with E-state index in [9.17, 15) is 13.2 Å². The van der Waals surface area contributed by atoms with E-state index in [2.05, 4.69) is 4.57 Å². The highest BCUT2D eigenvalue weighted by Gasteiger charge is 2.33. The number of likely N-dealkylation sites (N-methyl/N-ethyl adjacent to an activating group) is 1. The summed E-state index contributed by atoms with van der Waals surface area (Å²) in [5, 5.41) is 1.69. The van der Waals surface area contributed by atoms with Gasteiger partial charge in [-0.25, -0.2) is 8.42 Å². The van der Waals surface area contributed by atoms with Gasteiger partial charge >= 0.3 is 0 Å². The first-order valence-corrected chi connectivity index (χ1v) is 15.2. The molecule has 212 valence electrons. The molecule has 1 amide bonds. The lowest BCUT2D eigenvalue weighted by atomic mass is 10.0. The van der Waals surface area contributed by atoms with Crippen molar-refractivity contribution < 1.29 is 22.7 Å². The fraction of sp³-hybridized carbons (Fsp3) is 0.258. The van der Waals surface area contributed by atoms with Gasteiger partial charge in [0.15, 0.2) is 0 Å². The van der Waals surface area contributed by atoms with E-state index in [-0.39, 0.29) is 10.8 Å². The van der Waals surface area contributed by atoms with Crippen LogP contribution in [0, 0.1) is 6.92 Å². The number of morpholine rings is 1. The Morgan fingerprint density at radius 2 is 1.83 bits per heavy atom. The number of hydrogen-bond acceptors (Lipinski definition) is 5. The number of benzene rings is 3. The SMILES string of the molecule is Cc1cc(OCCn2cc(/C=C3\C(=O)N(C)c4ccc(S(=O)(=O)N5CCOCC5)cc43)c3ccccc32)ccc1Cl. The van der Waals surface area contributed by atoms with E-state index >= 15 is 0 Å². The van der Waals surface area contributed by atoms with E-state index in [1.165, 1.54) is 4.31 Å². The van der Waals surface area contributed by atoms with E-state index in [0.29, 0.717) is 61.3 Å². The van der Waals surface area contributed by atoms with Crippen LogP contribution in [0.25, 0.3) is 22.6 Å². The maximum atomic E-state index is 13.4. The lowest BCUT2D eigenvalue weighted by molar-refractivity contribution is -0.112. The molecule has 0 bridgehead atoms. The Morgan fingerprint density at radius 3 is 2.61 bits per heavy atom. The molecule has 1 fully saturated rings. The molecule has 1 saturated heterocycles. The van der Waals surface area contributed by atoms with Crippen molar-refractivity contribution in [3.8, 4) is 5.75 Å². The zero-order valence-corrected chi connectivity index (χ0v) is 24.4. The normalized spacial score (nSPS) is 17.0. The van der Waals surface area contributed by atoms with Gasteiger partial charge < -0.3 is 18.9 Å². The fourth-order valence-electron chi connectivity index (χ4n) is 5.36. The number of fused-ring (bicyclic) bond motifs is 2. The first-order chi connectivity index (χ1) is 19.7. The number of nitrogens with zero attached hydrogens (tertiary/aromatic N) is 3. The summed E-state index contributed by atoms with van der Waals surface area (Å²) in [6, 6.07) is 18.5. The summed E-state index contributed by atoms with van der Waals surface area (Å²) in [7, 11) is -2.01. The number of carbonyl (C=O) groups is 1. The number of rotatable bonds is 7. The number of aryl methyl sites for hydroxylation is 1. The van der Waals surface area contributed by atoms with Gasteiger partial charge in [0.05, 0.1) is 30.3 Å². The van der Waals surface area contributed by atoms with Crippen molar-refractivity contribution in [2.24, 2.45) is 0 Å². The predicted molar refractivity (Wildman–Crippen MR) is 161 cm³/mol. The highest BCUT2D eigenvalue weighted by molar-refractivity contribution is 7.89. The Labute approximate surface area is 244 Å². The minimum atomic E-state index is -3.71. The second-order valence-electron chi connectivity index (χ2n) is 10.2. The van der Waals surface area contributed by atoms with Crippen LogP contribution in [0.1, 0.15) is 16.7 Å². The molecule has 0 atom stereocenters. The monoisotopic (exact) mass is 591 g/mol. The average Bonchev–Trinajstić information content (AvgIpc) is 3.45. The van der Waals surface area contributed by atoms with Gasteiger partial charge in [-0.3, -0.25) is 4.79 Å². The molecule has 2 aliphatic heterocycles.